The standard InChI is InChI=1S/C13H17ClN4/c1-13(2,3)6-16-12-9-4-8(15)5-10(14)11(9)17-7-18-12/h4-5,7H,6,15H2,1-3H3,(H,16,17,18). The second-order valence-corrected chi connectivity index (χ2v) is 5.94. The summed E-state index contributed by atoms with van der Waals surface area (Å²) in [5.41, 5.74) is 7.31. The van der Waals surface area contributed by atoms with Crippen LogP contribution in [0.4, 0.5) is 11.5 Å². The lowest BCUT2D eigenvalue weighted by molar-refractivity contribution is 0.442. The second-order valence-electron chi connectivity index (χ2n) is 5.54. The Hall–Kier alpha value is -1.55. The molecule has 3 N–H and O–H groups in total. The van der Waals surface area contributed by atoms with Gasteiger partial charge in [-0.2, -0.15) is 0 Å². The second kappa shape index (κ2) is 4.61. The predicted octanol–water partition coefficient (Wildman–Crippen LogP) is 3.32. The van der Waals surface area contributed by atoms with Gasteiger partial charge in [-0.15, -0.1) is 0 Å². The van der Waals surface area contributed by atoms with E-state index in [1.165, 1.54) is 6.33 Å². The van der Waals surface area contributed by atoms with E-state index < -0.39 is 0 Å². The number of fused-ring (bicyclic) bond motifs is 1. The van der Waals surface area contributed by atoms with Crippen molar-refractivity contribution in [3.63, 3.8) is 0 Å². The smallest absolute Gasteiger partial charge is 0.137 e. The number of anilines is 2. The minimum Gasteiger partial charge on any atom is -0.399 e. The number of nitrogens with one attached hydrogen (secondary N) is 1. The molecular weight excluding hydrogens is 248 g/mol. The maximum absolute atomic E-state index is 6.13. The van der Waals surface area contributed by atoms with Crippen LogP contribution in [-0.2, 0) is 0 Å². The van der Waals surface area contributed by atoms with Gasteiger partial charge >= 0.3 is 0 Å². The molecule has 0 unspecified atom stereocenters. The number of nitrogens with zero attached hydrogens (tertiary/aromatic N) is 2. The Labute approximate surface area is 112 Å². The Balaban J connectivity index is 2.45. The highest BCUT2D eigenvalue weighted by molar-refractivity contribution is 6.35. The van der Waals surface area contributed by atoms with Crippen LogP contribution in [0.2, 0.25) is 5.02 Å². The molecule has 0 atom stereocenters. The lowest BCUT2D eigenvalue weighted by Crippen LogP contribution is -2.19. The third-order valence-electron chi connectivity index (χ3n) is 2.50. The zero-order valence-corrected chi connectivity index (χ0v) is 11.5. The maximum Gasteiger partial charge on any atom is 0.137 e. The van der Waals surface area contributed by atoms with E-state index in [1.54, 1.807) is 6.07 Å². The number of halogens is 1. The number of nitrogen functional groups attached to an aromatic ring is 1. The summed E-state index contributed by atoms with van der Waals surface area (Å²) in [6.45, 7) is 7.28. The highest BCUT2D eigenvalue weighted by Gasteiger charge is 2.12. The molecule has 0 amide bonds. The third-order valence-corrected chi connectivity index (χ3v) is 2.79. The first-order chi connectivity index (χ1) is 8.37. The van der Waals surface area contributed by atoms with Crippen LogP contribution < -0.4 is 11.1 Å². The fourth-order valence-corrected chi connectivity index (χ4v) is 1.91. The van der Waals surface area contributed by atoms with E-state index in [0.717, 1.165) is 23.3 Å². The third kappa shape index (κ3) is 2.82. The fourth-order valence-electron chi connectivity index (χ4n) is 1.64. The first-order valence-electron chi connectivity index (χ1n) is 5.80. The molecule has 18 heavy (non-hydrogen) atoms. The molecule has 4 nitrogen and oxygen atoms in total. The van der Waals surface area contributed by atoms with Gasteiger partial charge in [0.2, 0.25) is 0 Å². The van der Waals surface area contributed by atoms with Gasteiger partial charge in [0, 0.05) is 17.6 Å². The van der Waals surface area contributed by atoms with Gasteiger partial charge in [0.15, 0.2) is 0 Å². The topological polar surface area (TPSA) is 63.8 Å². The van der Waals surface area contributed by atoms with E-state index in [0.29, 0.717) is 10.7 Å². The zero-order valence-electron chi connectivity index (χ0n) is 10.8. The molecule has 1 aromatic carbocycles. The van der Waals surface area contributed by atoms with Crippen molar-refractivity contribution in [1.29, 1.82) is 0 Å². The molecule has 0 saturated heterocycles. The normalized spacial score (nSPS) is 11.8. The summed E-state index contributed by atoms with van der Waals surface area (Å²) in [6, 6.07) is 3.54. The van der Waals surface area contributed by atoms with Crippen molar-refractivity contribution in [1.82, 2.24) is 9.97 Å². The number of nitrogens with two attached hydrogens (primary N) is 1. The van der Waals surface area contributed by atoms with Crippen LogP contribution in [0.25, 0.3) is 10.9 Å². The van der Waals surface area contributed by atoms with E-state index >= 15 is 0 Å². The van der Waals surface area contributed by atoms with Crippen molar-refractivity contribution in [3.8, 4) is 0 Å². The van der Waals surface area contributed by atoms with Crippen LogP contribution in [0.5, 0.6) is 0 Å². The SMILES string of the molecule is CC(C)(C)CNc1ncnc2c(Cl)cc(N)cc12. The molecule has 1 aromatic heterocycles. The summed E-state index contributed by atoms with van der Waals surface area (Å²) in [5, 5.41) is 4.72. The Kier molecular flexibility index (Phi) is 3.30. The van der Waals surface area contributed by atoms with Crippen molar-refractivity contribution >= 4 is 34.0 Å². The van der Waals surface area contributed by atoms with Gasteiger partial charge in [-0.25, -0.2) is 9.97 Å². The fraction of sp³-hybridized carbons (Fsp3) is 0.385. The van der Waals surface area contributed by atoms with Crippen molar-refractivity contribution in [2.75, 3.05) is 17.6 Å². The summed E-state index contributed by atoms with van der Waals surface area (Å²) in [5.74, 6) is 0.768. The molecular formula is C13H17ClN4. The van der Waals surface area contributed by atoms with Crippen LogP contribution in [0.3, 0.4) is 0 Å². The average Bonchev–Trinajstić information content (AvgIpc) is 2.25. The number of rotatable bonds is 2. The van der Waals surface area contributed by atoms with Gasteiger partial charge in [-0.3, -0.25) is 0 Å². The molecule has 0 spiro atoms. The van der Waals surface area contributed by atoms with Crippen molar-refractivity contribution in [3.05, 3.63) is 23.5 Å². The molecule has 0 aliphatic carbocycles. The van der Waals surface area contributed by atoms with E-state index in [1.807, 2.05) is 6.07 Å². The molecule has 0 fully saturated rings. The molecule has 0 saturated carbocycles. The van der Waals surface area contributed by atoms with Crippen molar-refractivity contribution < 1.29 is 0 Å². The lowest BCUT2D eigenvalue weighted by atomic mass is 9.97. The Morgan fingerprint density at radius 2 is 2.00 bits per heavy atom. The van der Waals surface area contributed by atoms with E-state index in [-0.39, 0.29) is 5.41 Å². The molecule has 5 heteroatoms. The predicted molar refractivity (Wildman–Crippen MR) is 76.9 cm³/mol. The monoisotopic (exact) mass is 264 g/mol. The molecule has 96 valence electrons. The van der Waals surface area contributed by atoms with Gasteiger partial charge in [0.1, 0.15) is 12.1 Å². The molecule has 0 bridgehead atoms. The lowest BCUT2D eigenvalue weighted by Gasteiger charge is -2.19. The summed E-state index contributed by atoms with van der Waals surface area (Å²) < 4.78 is 0. The van der Waals surface area contributed by atoms with Crippen LogP contribution >= 0.6 is 11.6 Å². The first kappa shape index (κ1) is 12.9. The van der Waals surface area contributed by atoms with Gasteiger partial charge < -0.3 is 11.1 Å². The summed E-state index contributed by atoms with van der Waals surface area (Å²) in [4.78, 5) is 8.44. The Morgan fingerprint density at radius 3 is 2.67 bits per heavy atom. The quantitative estimate of drug-likeness (QED) is 0.817. The Morgan fingerprint density at radius 1 is 1.28 bits per heavy atom. The minimum absolute atomic E-state index is 0.168. The first-order valence-corrected chi connectivity index (χ1v) is 6.18. The molecule has 0 aliphatic heterocycles. The Bertz CT molecular complexity index is 575. The number of aromatic nitrogens is 2. The van der Waals surface area contributed by atoms with Crippen LogP contribution in [-0.4, -0.2) is 16.5 Å². The summed E-state index contributed by atoms with van der Waals surface area (Å²) >= 11 is 6.13. The van der Waals surface area contributed by atoms with E-state index in [4.69, 9.17) is 17.3 Å². The van der Waals surface area contributed by atoms with Crippen molar-refractivity contribution in [2.45, 2.75) is 20.8 Å². The molecule has 2 aromatic rings. The van der Waals surface area contributed by atoms with Crippen LogP contribution in [0.1, 0.15) is 20.8 Å². The number of hydrogen-bond donors (Lipinski definition) is 2. The highest BCUT2D eigenvalue weighted by atomic mass is 35.5. The van der Waals surface area contributed by atoms with E-state index in [2.05, 4.69) is 36.1 Å². The van der Waals surface area contributed by atoms with Crippen LogP contribution in [0.15, 0.2) is 18.5 Å². The van der Waals surface area contributed by atoms with E-state index in [9.17, 15) is 0 Å². The molecule has 2 rings (SSSR count). The number of benzene rings is 1. The molecule has 1 heterocycles. The van der Waals surface area contributed by atoms with Gasteiger partial charge in [-0.05, 0) is 17.5 Å². The number of hydrogen-bond acceptors (Lipinski definition) is 4. The van der Waals surface area contributed by atoms with Gasteiger partial charge in [0.25, 0.3) is 0 Å². The summed E-state index contributed by atoms with van der Waals surface area (Å²) in [6.07, 6.45) is 1.51. The zero-order chi connectivity index (χ0) is 13.3. The van der Waals surface area contributed by atoms with Crippen molar-refractivity contribution in [2.24, 2.45) is 5.41 Å². The summed E-state index contributed by atoms with van der Waals surface area (Å²) in [7, 11) is 0. The molecule has 0 aliphatic rings. The highest BCUT2D eigenvalue weighted by Crippen LogP contribution is 2.29. The largest absolute Gasteiger partial charge is 0.399 e. The maximum atomic E-state index is 6.13. The minimum atomic E-state index is 0.168. The van der Waals surface area contributed by atoms with Gasteiger partial charge in [-0.1, -0.05) is 32.4 Å². The van der Waals surface area contributed by atoms with Gasteiger partial charge in [0.05, 0.1) is 10.5 Å². The molecule has 0 radical (unpaired) electrons. The average molecular weight is 265 g/mol. The van der Waals surface area contributed by atoms with Crippen LogP contribution in [0, 0.1) is 5.41 Å².